The van der Waals surface area contributed by atoms with E-state index in [4.69, 9.17) is 5.11 Å². The Labute approximate surface area is 90.7 Å². The molecule has 0 atom stereocenters. The molecule has 0 radical (unpaired) electrons. The first-order valence-corrected chi connectivity index (χ1v) is 4.67. The van der Waals surface area contributed by atoms with Gasteiger partial charge in [-0.1, -0.05) is 12.1 Å². The molecule has 0 aliphatic carbocycles. The number of H-pyrrole nitrogens is 1. The molecule has 2 N–H and O–H groups in total. The van der Waals surface area contributed by atoms with Crippen molar-refractivity contribution in [3.05, 3.63) is 41.8 Å². The van der Waals surface area contributed by atoms with Crippen molar-refractivity contribution in [3.63, 3.8) is 0 Å². The fourth-order valence-corrected chi connectivity index (χ4v) is 1.50. The number of hydrogen-bond donors (Lipinski definition) is 2. The summed E-state index contributed by atoms with van der Waals surface area (Å²) in [5, 5.41) is 15.1. The third kappa shape index (κ3) is 2.08. The minimum absolute atomic E-state index is 0.137. The van der Waals surface area contributed by atoms with Crippen molar-refractivity contribution in [2.45, 2.75) is 6.42 Å². The Hall–Kier alpha value is -2.17. The Bertz CT molecular complexity index is 522. The Morgan fingerprint density at radius 3 is 3.00 bits per heavy atom. The number of aliphatic carboxylic acids is 1. The van der Waals surface area contributed by atoms with Crippen LogP contribution in [0.15, 0.2) is 30.5 Å². The van der Waals surface area contributed by atoms with Crippen LogP contribution in [0.5, 0.6) is 0 Å². The average molecular weight is 220 g/mol. The maximum Gasteiger partial charge on any atom is 0.307 e. The smallest absolute Gasteiger partial charge is 0.307 e. The van der Waals surface area contributed by atoms with E-state index in [1.807, 2.05) is 0 Å². The molecule has 0 saturated carbocycles. The molecule has 82 valence electrons. The zero-order chi connectivity index (χ0) is 11.5. The Morgan fingerprint density at radius 1 is 1.50 bits per heavy atom. The van der Waals surface area contributed by atoms with Crippen molar-refractivity contribution in [1.29, 1.82) is 0 Å². The molecule has 1 heterocycles. The summed E-state index contributed by atoms with van der Waals surface area (Å²) in [6, 6.07) is 5.92. The summed E-state index contributed by atoms with van der Waals surface area (Å²) >= 11 is 0. The highest BCUT2D eigenvalue weighted by Crippen LogP contribution is 2.21. The number of aromatic amines is 1. The lowest BCUT2D eigenvalue weighted by Crippen LogP contribution is -2.00. The van der Waals surface area contributed by atoms with E-state index in [0.29, 0.717) is 16.8 Å². The number of rotatable bonds is 3. The fraction of sp³-hybridized carbons (Fsp3) is 0.0909. The summed E-state index contributed by atoms with van der Waals surface area (Å²) < 4.78 is 13.0. The molecule has 1 aromatic heterocycles. The molecular formula is C11H9FN2O2. The molecule has 0 saturated heterocycles. The molecular weight excluding hydrogens is 211 g/mol. The van der Waals surface area contributed by atoms with E-state index < -0.39 is 5.97 Å². The Kier molecular flexibility index (Phi) is 2.68. The molecule has 2 aromatic rings. The third-order valence-electron chi connectivity index (χ3n) is 2.17. The van der Waals surface area contributed by atoms with Gasteiger partial charge in [-0.3, -0.25) is 9.89 Å². The van der Waals surface area contributed by atoms with Crippen LogP contribution in [-0.2, 0) is 11.2 Å². The van der Waals surface area contributed by atoms with Gasteiger partial charge < -0.3 is 5.11 Å². The lowest BCUT2D eigenvalue weighted by atomic mass is 10.1. The topological polar surface area (TPSA) is 66.0 Å². The van der Waals surface area contributed by atoms with Crippen LogP contribution >= 0.6 is 0 Å². The highest BCUT2D eigenvalue weighted by molar-refractivity contribution is 5.74. The molecule has 0 fully saturated rings. The number of carboxylic acid groups (broad SMARTS) is 1. The summed E-state index contributed by atoms with van der Waals surface area (Å²) in [4.78, 5) is 10.6. The third-order valence-corrected chi connectivity index (χ3v) is 2.17. The average Bonchev–Trinajstić information content (AvgIpc) is 2.65. The van der Waals surface area contributed by atoms with Crippen molar-refractivity contribution < 1.29 is 14.3 Å². The summed E-state index contributed by atoms with van der Waals surface area (Å²) in [5.74, 6) is -1.31. The van der Waals surface area contributed by atoms with Crippen LogP contribution in [0.1, 0.15) is 5.56 Å². The molecule has 0 spiro atoms. The van der Waals surface area contributed by atoms with E-state index in [9.17, 15) is 9.18 Å². The van der Waals surface area contributed by atoms with Gasteiger partial charge in [-0.15, -0.1) is 0 Å². The molecule has 5 heteroatoms. The summed E-state index contributed by atoms with van der Waals surface area (Å²) in [7, 11) is 0. The fourth-order valence-electron chi connectivity index (χ4n) is 1.50. The highest BCUT2D eigenvalue weighted by atomic mass is 19.1. The van der Waals surface area contributed by atoms with Gasteiger partial charge in [-0.2, -0.15) is 5.10 Å². The van der Waals surface area contributed by atoms with E-state index in [1.165, 1.54) is 18.3 Å². The van der Waals surface area contributed by atoms with Gasteiger partial charge in [0.05, 0.1) is 18.3 Å². The quantitative estimate of drug-likeness (QED) is 0.829. The summed E-state index contributed by atoms with van der Waals surface area (Å²) in [6.07, 6.45) is 1.30. The molecule has 2 rings (SSSR count). The lowest BCUT2D eigenvalue weighted by molar-refractivity contribution is -0.136. The molecule has 0 unspecified atom stereocenters. The molecule has 1 aromatic carbocycles. The maximum atomic E-state index is 13.0. The van der Waals surface area contributed by atoms with E-state index in [0.717, 1.165) is 0 Å². The predicted molar refractivity (Wildman–Crippen MR) is 55.3 cm³/mol. The second-order valence-electron chi connectivity index (χ2n) is 3.35. The van der Waals surface area contributed by atoms with Gasteiger partial charge in [0.25, 0.3) is 0 Å². The van der Waals surface area contributed by atoms with Crippen LogP contribution in [0.3, 0.4) is 0 Å². The first kappa shape index (κ1) is 10.4. The van der Waals surface area contributed by atoms with Crippen LogP contribution in [-0.4, -0.2) is 21.3 Å². The van der Waals surface area contributed by atoms with Gasteiger partial charge in [-0.05, 0) is 12.1 Å². The number of carboxylic acids is 1. The van der Waals surface area contributed by atoms with Crippen LogP contribution < -0.4 is 0 Å². The van der Waals surface area contributed by atoms with Gasteiger partial charge in [-0.25, -0.2) is 4.39 Å². The maximum absolute atomic E-state index is 13.0. The van der Waals surface area contributed by atoms with Crippen LogP contribution in [0.2, 0.25) is 0 Å². The molecule has 0 aliphatic rings. The normalized spacial score (nSPS) is 10.3. The number of nitrogens with one attached hydrogen (secondary N) is 1. The van der Waals surface area contributed by atoms with Crippen molar-refractivity contribution in [2.24, 2.45) is 0 Å². The minimum Gasteiger partial charge on any atom is -0.481 e. The molecule has 4 nitrogen and oxygen atoms in total. The number of benzene rings is 1. The van der Waals surface area contributed by atoms with Gasteiger partial charge in [0.15, 0.2) is 0 Å². The van der Waals surface area contributed by atoms with Crippen molar-refractivity contribution in [1.82, 2.24) is 10.2 Å². The van der Waals surface area contributed by atoms with E-state index >= 15 is 0 Å². The van der Waals surface area contributed by atoms with Crippen LogP contribution in [0.25, 0.3) is 11.3 Å². The van der Waals surface area contributed by atoms with Gasteiger partial charge in [0, 0.05) is 11.1 Å². The Morgan fingerprint density at radius 2 is 2.31 bits per heavy atom. The highest BCUT2D eigenvalue weighted by Gasteiger charge is 2.11. The van der Waals surface area contributed by atoms with Crippen molar-refractivity contribution in [2.75, 3.05) is 0 Å². The second-order valence-corrected chi connectivity index (χ2v) is 3.35. The molecule has 0 amide bonds. The summed E-state index contributed by atoms with van der Waals surface area (Å²) in [6.45, 7) is 0. The van der Waals surface area contributed by atoms with Gasteiger partial charge in [0.1, 0.15) is 5.82 Å². The van der Waals surface area contributed by atoms with Crippen molar-refractivity contribution in [3.8, 4) is 11.3 Å². The largest absolute Gasteiger partial charge is 0.481 e. The summed E-state index contributed by atoms with van der Waals surface area (Å²) in [5.41, 5.74) is 1.67. The number of carbonyl (C=O) groups is 1. The van der Waals surface area contributed by atoms with Gasteiger partial charge in [0.2, 0.25) is 0 Å². The van der Waals surface area contributed by atoms with E-state index in [2.05, 4.69) is 10.2 Å². The molecule has 16 heavy (non-hydrogen) atoms. The zero-order valence-electron chi connectivity index (χ0n) is 8.27. The monoisotopic (exact) mass is 220 g/mol. The number of aromatic nitrogens is 2. The first-order valence-electron chi connectivity index (χ1n) is 4.67. The second kappa shape index (κ2) is 4.14. The number of hydrogen-bond acceptors (Lipinski definition) is 2. The zero-order valence-corrected chi connectivity index (χ0v) is 8.27. The SMILES string of the molecule is O=C(O)Cc1cn[nH]c1-c1cccc(F)c1. The minimum atomic E-state index is -0.945. The van der Waals surface area contributed by atoms with Crippen LogP contribution in [0.4, 0.5) is 4.39 Å². The van der Waals surface area contributed by atoms with E-state index in [-0.39, 0.29) is 12.2 Å². The standard InChI is InChI=1S/C11H9FN2O2/c12-9-3-1-2-7(4-9)11-8(5-10(15)16)6-13-14-11/h1-4,6H,5H2,(H,13,14)(H,15,16). The van der Waals surface area contributed by atoms with Crippen LogP contribution in [0, 0.1) is 5.82 Å². The van der Waals surface area contributed by atoms with Gasteiger partial charge >= 0.3 is 5.97 Å². The number of nitrogens with zero attached hydrogens (tertiary/aromatic N) is 1. The Balaban J connectivity index is 2.40. The number of halogens is 1. The van der Waals surface area contributed by atoms with E-state index in [1.54, 1.807) is 12.1 Å². The first-order chi connectivity index (χ1) is 7.66. The molecule has 0 aliphatic heterocycles. The molecule has 0 bridgehead atoms. The van der Waals surface area contributed by atoms with Crippen molar-refractivity contribution >= 4 is 5.97 Å². The predicted octanol–water partition coefficient (Wildman–Crippen LogP) is 1.84. The lowest BCUT2D eigenvalue weighted by Gasteiger charge is -2.01.